The summed E-state index contributed by atoms with van der Waals surface area (Å²) in [6.07, 6.45) is 0. The van der Waals surface area contributed by atoms with Crippen molar-refractivity contribution in [3.63, 3.8) is 0 Å². The van der Waals surface area contributed by atoms with Crippen molar-refractivity contribution in [1.82, 2.24) is 0 Å². The maximum atomic E-state index is 2.59. The van der Waals surface area contributed by atoms with Crippen molar-refractivity contribution in [2.24, 2.45) is 0 Å². The number of nitrogens with zero attached hydrogens (tertiary/aromatic N) is 2. The molecular formula is C58H40N2P2. The Morgan fingerprint density at radius 3 is 1.31 bits per heavy atom. The lowest BCUT2D eigenvalue weighted by molar-refractivity contribution is 1.29. The first-order chi connectivity index (χ1) is 30.8. The van der Waals surface area contributed by atoms with Gasteiger partial charge in [0, 0.05) is 49.7 Å². The van der Waals surface area contributed by atoms with Crippen molar-refractivity contribution in [1.29, 1.82) is 0 Å². The van der Waals surface area contributed by atoms with E-state index in [1.165, 1.54) is 69.8 Å². The summed E-state index contributed by atoms with van der Waals surface area (Å²) in [6.45, 7) is 0. The fourth-order valence-corrected chi connectivity index (χ4v) is 15.0. The first-order valence-corrected chi connectivity index (χ1v) is 23.9. The number of hydrogen-bond donors (Lipinski definition) is 0. The van der Waals surface area contributed by atoms with Gasteiger partial charge in [0.05, 0.1) is 0 Å². The second kappa shape index (κ2) is 15.4. The van der Waals surface area contributed by atoms with Crippen LogP contribution in [-0.2, 0) is 0 Å². The minimum atomic E-state index is -0.889. The Labute approximate surface area is 364 Å². The zero-order valence-electron chi connectivity index (χ0n) is 33.9. The molecule has 1 aromatic heterocycles. The molecule has 11 aromatic rings. The second-order valence-corrected chi connectivity index (χ2v) is 20.1. The standard InChI is InChI=1S/C58H40N2P2/c1-7-20-41(21-8-1)59(42-22-9-2-10-23-42)45-34-36-49-52-40-56-57(51-32-19-33-53(58(51)52)61(54(49)38-45)47-28-15-5-16-29-47)50-37-35-46(39-55(50)62(56)48-30-17-6-18-31-48)60(43-24-11-3-12-25-43)44-26-13-4-14-27-44/h1-40H. The number of fused-ring (bicyclic) bond motifs is 6. The first-order valence-electron chi connectivity index (χ1n) is 21.2. The maximum absolute atomic E-state index is 2.59. The minimum Gasteiger partial charge on any atom is -0.310 e. The van der Waals surface area contributed by atoms with E-state index in [1.807, 2.05) is 0 Å². The summed E-state index contributed by atoms with van der Waals surface area (Å²) in [5, 5.41) is 13.8. The van der Waals surface area contributed by atoms with Crippen molar-refractivity contribution < 1.29 is 0 Å². The van der Waals surface area contributed by atoms with E-state index in [-0.39, 0.29) is 0 Å². The van der Waals surface area contributed by atoms with E-state index in [0.29, 0.717) is 0 Å². The van der Waals surface area contributed by atoms with E-state index in [4.69, 9.17) is 0 Å². The van der Waals surface area contributed by atoms with E-state index in [9.17, 15) is 0 Å². The molecule has 2 unspecified atom stereocenters. The lowest BCUT2D eigenvalue weighted by atomic mass is 9.94. The maximum Gasteiger partial charge on any atom is 0.0471 e. The summed E-state index contributed by atoms with van der Waals surface area (Å²) in [6, 6.07) is 89.7. The van der Waals surface area contributed by atoms with Gasteiger partial charge >= 0.3 is 0 Å². The molecule has 62 heavy (non-hydrogen) atoms. The Morgan fingerprint density at radius 1 is 0.274 bits per heavy atom. The summed E-state index contributed by atoms with van der Waals surface area (Å²) in [7, 11) is -1.77. The fraction of sp³-hybridized carbons (Fsp3) is 0. The molecule has 0 radical (unpaired) electrons. The number of rotatable bonds is 8. The van der Waals surface area contributed by atoms with Crippen LogP contribution >= 0.6 is 15.5 Å². The summed E-state index contributed by atoms with van der Waals surface area (Å²) in [4.78, 5) is 4.79. The van der Waals surface area contributed by atoms with Gasteiger partial charge in [0.2, 0.25) is 0 Å². The number of hydrogen-bond acceptors (Lipinski definition) is 2. The van der Waals surface area contributed by atoms with Crippen LogP contribution in [0, 0.1) is 0 Å². The highest BCUT2D eigenvalue weighted by Gasteiger charge is 2.32. The molecule has 2 nitrogen and oxygen atoms in total. The third-order valence-electron chi connectivity index (χ3n) is 12.2. The second-order valence-electron chi connectivity index (χ2n) is 15.8. The van der Waals surface area contributed by atoms with E-state index >= 15 is 0 Å². The molecule has 4 heteroatoms. The van der Waals surface area contributed by atoms with Gasteiger partial charge in [-0.3, -0.25) is 0 Å². The largest absolute Gasteiger partial charge is 0.310 e. The van der Waals surface area contributed by atoms with Crippen LogP contribution in [0.1, 0.15) is 0 Å². The highest BCUT2D eigenvalue weighted by atomic mass is 31.1. The lowest BCUT2D eigenvalue weighted by Crippen LogP contribution is -2.27. The molecule has 12 rings (SSSR count). The van der Waals surface area contributed by atoms with Gasteiger partial charge in [-0.05, 0) is 135 Å². The normalized spacial score (nSPS) is 13.3. The summed E-state index contributed by atoms with van der Waals surface area (Å²) in [5.41, 5.74) is 9.56. The van der Waals surface area contributed by atoms with E-state index < -0.39 is 15.5 Å². The Hall–Kier alpha value is -7.21. The van der Waals surface area contributed by atoms with Gasteiger partial charge < -0.3 is 9.80 Å². The summed E-state index contributed by atoms with van der Waals surface area (Å²) < 4.78 is 0. The minimum absolute atomic E-state index is 0.882. The Morgan fingerprint density at radius 2 is 0.758 bits per heavy atom. The van der Waals surface area contributed by atoms with E-state index in [0.717, 1.165) is 28.4 Å². The fourth-order valence-electron chi connectivity index (χ4n) is 9.61. The van der Waals surface area contributed by atoms with E-state index in [1.54, 1.807) is 0 Å². The van der Waals surface area contributed by atoms with Gasteiger partial charge in [0.25, 0.3) is 0 Å². The van der Waals surface area contributed by atoms with Crippen molar-refractivity contribution in [2.45, 2.75) is 0 Å². The Balaban J connectivity index is 1.15. The zero-order valence-corrected chi connectivity index (χ0v) is 35.7. The third-order valence-corrected chi connectivity index (χ3v) is 17.2. The highest BCUT2D eigenvalue weighted by Crippen LogP contribution is 2.60. The molecule has 1 aliphatic heterocycles. The predicted molar refractivity (Wildman–Crippen MR) is 270 cm³/mol. The van der Waals surface area contributed by atoms with E-state index in [2.05, 4.69) is 252 Å². The van der Waals surface area contributed by atoms with Crippen molar-refractivity contribution in [3.8, 4) is 16.4 Å². The van der Waals surface area contributed by atoms with Crippen LogP contribution in [0.4, 0.5) is 34.1 Å². The average molecular weight is 827 g/mol. The van der Waals surface area contributed by atoms with Crippen LogP contribution in [-0.4, -0.2) is 0 Å². The van der Waals surface area contributed by atoms with Crippen LogP contribution < -0.4 is 25.7 Å². The van der Waals surface area contributed by atoms with Crippen molar-refractivity contribution >= 4 is 97.3 Å². The van der Waals surface area contributed by atoms with Gasteiger partial charge in [-0.25, -0.2) is 0 Å². The molecule has 0 bridgehead atoms. The molecule has 1 aliphatic rings. The van der Waals surface area contributed by atoms with Gasteiger partial charge in [0.15, 0.2) is 0 Å². The molecule has 0 saturated carbocycles. The van der Waals surface area contributed by atoms with Crippen molar-refractivity contribution in [2.75, 3.05) is 9.80 Å². The molecule has 2 heterocycles. The molecule has 10 aromatic carbocycles. The van der Waals surface area contributed by atoms with Crippen LogP contribution in [0.3, 0.4) is 0 Å². The molecule has 2 atom stereocenters. The molecular weight excluding hydrogens is 787 g/mol. The Bertz CT molecular complexity index is 3310. The molecule has 292 valence electrons. The summed E-state index contributed by atoms with van der Waals surface area (Å²) in [5.74, 6) is 0. The zero-order chi connectivity index (χ0) is 41.0. The SMILES string of the molecule is c1ccc(N(c2ccccc2)c2ccc3c(c2)P(c2ccccc2)c2cccc4c2c-3cc2c4c3ccc(N(c4ccccc4)c4ccccc4)cc3p2-c2ccccc2)cc1. The number of anilines is 6. The lowest BCUT2D eigenvalue weighted by Gasteiger charge is -2.32. The van der Waals surface area contributed by atoms with Gasteiger partial charge in [0.1, 0.15) is 0 Å². The molecule has 0 spiro atoms. The quantitative estimate of drug-likeness (QED) is 0.141. The molecule has 0 saturated heterocycles. The molecule has 0 amide bonds. The first kappa shape index (κ1) is 36.6. The monoisotopic (exact) mass is 826 g/mol. The predicted octanol–water partition coefficient (Wildman–Crippen LogP) is 15.8. The molecule has 0 aliphatic carbocycles. The van der Waals surface area contributed by atoms with Crippen LogP contribution in [0.25, 0.3) is 48.2 Å². The van der Waals surface area contributed by atoms with Gasteiger partial charge in [-0.1, -0.05) is 171 Å². The number of benzene rings is 10. The summed E-state index contributed by atoms with van der Waals surface area (Å²) >= 11 is 0. The smallest absolute Gasteiger partial charge is 0.0471 e. The van der Waals surface area contributed by atoms with Crippen molar-refractivity contribution in [3.05, 3.63) is 243 Å². The topological polar surface area (TPSA) is 6.48 Å². The van der Waals surface area contributed by atoms with Crippen LogP contribution in [0.5, 0.6) is 0 Å². The third kappa shape index (κ3) is 6.07. The average Bonchev–Trinajstić information content (AvgIpc) is 3.67. The van der Waals surface area contributed by atoms with Gasteiger partial charge in [-0.2, -0.15) is 0 Å². The number of para-hydroxylation sites is 4. The molecule has 0 fully saturated rings. The van der Waals surface area contributed by atoms with Crippen LogP contribution in [0.15, 0.2) is 243 Å². The van der Waals surface area contributed by atoms with Gasteiger partial charge in [-0.15, -0.1) is 0 Å². The Kier molecular flexibility index (Phi) is 9.07. The molecule has 0 N–H and O–H groups in total. The highest BCUT2D eigenvalue weighted by molar-refractivity contribution is 7.80. The van der Waals surface area contributed by atoms with Crippen LogP contribution in [0.2, 0.25) is 0 Å².